The van der Waals surface area contributed by atoms with Crippen molar-refractivity contribution >= 4 is 0 Å². The average Bonchev–Trinajstić information content (AvgIpc) is 2.89. The largest absolute Gasteiger partial charge is 0.469 e. The lowest BCUT2D eigenvalue weighted by Gasteiger charge is -2.37. The predicted molar refractivity (Wildman–Crippen MR) is 75.7 cm³/mol. The summed E-state index contributed by atoms with van der Waals surface area (Å²) in [6, 6.07) is 4.19. The molecule has 102 valence electrons. The highest BCUT2D eigenvalue weighted by molar-refractivity contribution is 5.09. The first-order valence-corrected chi connectivity index (χ1v) is 7.46. The third-order valence-corrected chi connectivity index (χ3v) is 4.54. The second kappa shape index (κ2) is 6.42. The molecule has 1 aromatic rings. The molecule has 3 unspecified atom stereocenters. The fraction of sp³-hybridized carbons (Fsp3) is 0.750. The smallest absolute Gasteiger partial charge is 0.107 e. The zero-order valence-corrected chi connectivity index (χ0v) is 12.0. The molecule has 1 aliphatic carbocycles. The molecule has 18 heavy (non-hydrogen) atoms. The lowest BCUT2D eigenvalue weighted by molar-refractivity contribution is 0.175. The van der Waals surface area contributed by atoms with E-state index in [4.69, 9.17) is 4.42 Å². The van der Waals surface area contributed by atoms with Crippen LogP contribution < -0.4 is 5.32 Å². The molecule has 1 aromatic heterocycles. The second-order valence-electron chi connectivity index (χ2n) is 6.01. The number of hydrogen-bond donors (Lipinski definition) is 1. The van der Waals surface area contributed by atoms with Crippen molar-refractivity contribution in [2.24, 2.45) is 17.8 Å². The standard InChI is InChI=1S/C16H27NO/c1-4-17-11-14-8-7-13(12(2)3)10-15(14)16-6-5-9-18-16/h5-6,9,12-15,17H,4,7-8,10-11H2,1-3H3. The van der Waals surface area contributed by atoms with Gasteiger partial charge >= 0.3 is 0 Å². The van der Waals surface area contributed by atoms with E-state index in [9.17, 15) is 0 Å². The van der Waals surface area contributed by atoms with Gasteiger partial charge in [-0.15, -0.1) is 0 Å². The third-order valence-electron chi connectivity index (χ3n) is 4.54. The zero-order chi connectivity index (χ0) is 13.0. The normalized spacial score (nSPS) is 28.8. The molecule has 0 saturated heterocycles. The first kappa shape index (κ1) is 13.7. The number of furan rings is 1. The van der Waals surface area contributed by atoms with E-state index in [1.54, 1.807) is 0 Å². The molecule has 1 fully saturated rings. The minimum absolute atomic E-state index is 0.611. The highest BCUT2D eigenvalue weighted by atomic mass is 16.3. The van der Waals surface area contributed by atoms with E-state index in [-0.39, 0.29) is 0 Å². The van der Waals surface area contributed by atoms with Gasteiger partial charge in [-0.2, -0.15) is 0 Å². The summed E-state index contributed by atoms with van der Waals surface area (Å²) in [5, 5.41) is 3.51. The SMILES string of the molecule is CCNCC1CCC(C(C)C)CC1c1ccco1. The fourth-order valence-electron chi connectivity index (χ4n) is 3.30. The first-order valence-electron chi connectivity index (χ1n) is 7.46. The van der Waals surface area contributed by atoms with Crippen molar-refractivity contribution in [3.05, 3.63) is 24.2 Å². The van der Waals surface area contributed by atoms with Crippen molar-refractivity contribution in [1.29, 1.82) is 0 Å². The highest BCUT2D eigenvalue weighted by Crippen LogP contribution is 2.42. The molecule has 2 nitrogen and oxygen atoms in total. The van der Waals surface area contributed by atoms with Crippen LogP contribution in [-0.4, -0.2) is 13.1 Å². The van der Waals surface area contributed by atoms with Gasteiger partial charge in [0.05, 0.1) is 6.26 Å². The molecule has 0 radical (unpaired) electrons. The van der Waals surface area contributed by atoms with Gasteiger partial charge in [0, 0.05) is 5.92 Å². The second-order valence-corrected chi connectivity index (χ2v) is 6.01. The Morgan fingerprint density at radius 2 is 2.22 bits per heavy atom. The molecule has 1 saturated carbocycles. The van der Waals surface area contributed by atoms with Crippen LogP contribution in [0.25, 0.3) is 0 Å². The maximum atomic E-state index is 5.68. The van der Waals surface area contributed by atoms with Crippen LogP contribution in [0.4, 0.5) is 0 Å². The Kier molecular flexibility index (Phi) is 4.87. The van der Waals surface area contributed by atoms with Crippen LogP contribution in [0.15, 0.2) is 22.8 Å². The lowest BCUT2D eigenvalue weighted by atomic mass is 9.69. The summed E-state index contributed by atoms with van der Waals surface area (Å²) in [5.74, 6) is 4.20. The van der Waals surface area contributed by atoms with E-state index < -0.39 is 0 Å². The molecule has 0 bridgehead atoms. The van der Waals surface area contributed by atoms with Gasteiger partial charge in [0.25, 0.3) is 0 Å². The molecule has 2 heteroatoms. The van der Waals surface area contributed by atoms with E-state index in [0.717, 1.165) is 30.8 Å². The van der Waals surface area contributed by atoms with Gasteiger partial charge in [0.1, 0.15) is 5.76 Å². The Hall–Kier alpha value is -0.760. The zero-order valence-electron chi connectivity index (χ0n) is 12.0. The van der Waals surface area contributed by atoms with Crippen LogP contribution in [-0.2, 0) is 0 Å². The molecule has 1 aliphatic rings. The van der Waals surface area contributed by atoms with E-state index >= 15 is 0 Å². The van der Waals surface area contributed by atoms with Gasteiger partial charge < -0.3 is 9.73 Å². The third kappa shape index (κ3) is 3.17. The predicted octanol–water partition coefficient (Wildman–Crippen LogP) is 4.05. The maximum absolute atomic E-state index is 5.68. The molecule has 0 amide bonds. The topological polar surface area (TPSA) is 25.2 Å². The van der Waals surface area contributed by atoms with Crippen LogP contribution in [0.1, 0.15) is 51.7 Å². The summed E-state index contributed by atoms with van der Waals surface area (Å²) in [6.45, 7) is 9.09. The van der Waals surface area contributed by atoms with Crippen molar-refractivity contribution in [3.63, 3.8) is 0 Å². The highest BCUT2D eigenvalue weighted by Gasteiger charge is 2.33. The summed E-state index contributed by atoms with van der Waals surface area (Å²) < 4.78 is 5.68. The average molecular weight is 249 g/mol. The van der Waals surface area contributed by atoms with Crippen LogP contribution >= 0.6 is 0 Å². The molecule has 0 spiro atoms. The quantitative estimate of drug-likeness (QED) is 0.851. The van der Waals surface area contributed by atoms with Crippen molar-refractivity contribution in [1.82, 2.24) is 5.32 Å². The Morgan fingerprint density at radius 3 is 2.83 bits per heavy atom. The van der Waals surface area contributed by atoms with Crippen LogP contribution in [0.5, 0.6) is 0 Å². The number of hydrogen-bond acceptors (Lipinski definition) is 2. The Labute approximate surface area is 111 Å². The molecule has 1 N–H and O–H groups in total. The monoisotopic (exact) mass is 249 g/mol. The van der Waals surface area contributed by atoms with Crippen LogP contribution in [0.2, 0.25) is 0 Å². The van der Waals surface area contributed by atoms with Crippen LogP contribution in [0.3, 0.4) is 0 Å². The van der Waals surface area contributed by atoms with Gasteiger partial charge in [-0.3, -0.25) is 0 Å². The van der Waals surface area contributed by atoms with Crippen molar-refractivity contribution in [2.75, 3.05) is 13.1 Å². The van der Waals surface area contributed by atoms with Gasteiger partial charge in [-0.05, 0) is 62.2 Å². The molecule has 1 heterocycles. The minimum Gasteiger partial charge on any atom is -0.469 e. The van der Waals surface area contributed by atoms with E-state index in [1.165, 1.54) is 25.0 Å². The van der Waals surface area contributed by atoms with E-state index in [2.05, 4.69) is 32.2 Å². The maximum Gasteiger partial charge on any atom is 0.107 e. The molecule has 0 aromatic carbocycles. The van der Waals surface area contributed by atoms with Crippen LogP contribution in [0, 0.1) is 17.8 Å². The fourth-order valence-corrected chi connectivity index (χ4v) is 3.30. The Morgan fingerprint density at radius 1 is 1.39 bits per heavy atom. The summed E-state index contributed by atoms with van der Waals surface area (Å²) in [7, 11) is 0. The Balaban J connectivity index is 2.06. The first-order chi connectivity index (χ1) is 8.72. The number of rotatable bonds is 5. The minimum atomic E-state index is 0.611. The van der Waals surface area contributed by atoms with Gasteiger partial charge in [0.2, 0.25) is 0 Å². The number of nitrogens with one attached hydrogen (secondary N) is 1. The van der Waals surface area contributed by atoms with Crippen molar-refractivity contribution in [3.8, 4) is 0 Å². The van der Waals surface area contributed by atoms with Crippen molar-refractivity contribution < 1.29 is 4.42 Å². The molecule has 3 atom stereocenters. The summed E-state index contributed by atoms with van der Waals surface area (Å²) >= 11 is 0. The Bertz CT molecular complexity index is 331. The summed E-state index contributed by atoms with van der Waals surface area (Å²) in [4.78, 5) is 0. The molecular weight excluding hydrogens is 222 g/mol. The van der Waals surface area contributed by atoms with Gasteiger partial charge in [-0.25, -0.2) is 0 Å². The molecule has 0 aliphatic heterocycles. The molecule has 2 rings (SSSR count). The van der Waals surface area contributed by atoms with E-state index in [0.29, 0.717) is 5.92 Å². The van der Waals surface area contributed by atoms with E-state index in [1.807, 2.05) is 12.3 Å². The lowest BCUT2D eigenvalue weighted by Crippen LogP contribution is -2.33. The van der Waals surface area contributed by atoms with Gasteiger partial charge in [-0.1, -0.05) is 20.8 Å². The van der Waals surface area contributed by atoms with Gasteiger partial charge in [0.15, 0.2) is 0 Å². The van der Waals surface area contributed by atoms with Crippen molar-refractivity contribution in [2.45, 2.75) is 46.0 Å². The molecular formula is C16H27NO. The summed E-state index contributed by atoms with van der Waals surface area (Å²) in [5.41, 5.74) is 0. The summed E-state index contributed by atoms with van der Waals surface area (Å²) in [6.07, 6.45) is 5.83.